The molecule has 11 nitrogen and oxygen atoms in total. The number of hydrogen-bond donors (Lipinski definition) is 4. The van der Waals surface area contributed by atoms with Gasteiger partial charge in [0.05, 0.1) is 17.7 Å². The lowest BCUT2D eigenvalue weighted by Gasteiger charge is -2.31. The van der Waals surface area contributed by atoms with Crippen LogP contribution < -0.4 is 21.3 Å². The van der Waals surface area contributed by atoms with Gasteiger partial charge in [-0.05, 0) is 51.7 Å². The van der Waals surface area contributed by atoms with E-state index in [0.29, 0.717) is 19.3 Å². The molecule has 4 amide bonds. The van der Waals surface area contributed by atoms with Gasteiger partial charge >= 0.3 is 6.09 Å². The van der Waals surface area contributed by atoms with Crippen molar-refractivity contribution in [3.63, 3.8) is 0 Å². The minimum Gasteiger partial charge on any atom is -0.445 e. The maximum atomic E-state index is 13.7. The largest absolute Gasteiger partial charge is 0.445 e. The molecule has 232 valence electrons. The van der Waals surface area contributed by atoms with E-state index < -0.39 is 47.7 Å². The minimum absolute atomic E-state index is 0.000655. The van der Waals surface area contributed by atoms with Crippen LogP contribution in [0.3, 0.4) is 0 Å². The van der Waals surface area contributed by atoms with Crippen LogP contribution in [0.2, 0.25) is 0 Å². The Morgan fingerprint density at radius 2 is 1.58 bits per heavy atom. The first-order valence-corrected chi connectivity index (χ1v) is 14.5. The molecule has 1 heterocycles. The van der Waals surface area contributed by atoms with Crippen molar-refractivity contribution in [2.45, 2.75) is 83.4 Å². The van der Waals surface area contributed by atoms with E-state index in [1.54, 1.807) is 19.1 Å². The fourth-order valence-corrected chi connectivity index (χ4v) is 4.84. The number of carbonyl (C=O) groups is 5. The van der Waals surface area contributed by atoms with E-state index in [2.05, 4.69) is 21.3 Å². The average Bonchev–Trinajstić information content (AvgIpc) is 3.37. The first-order valence-electron chi connectivity index (χ1n) is 14.5. The molecule has 1 aliphatic rings. The van der Waals surface area contributed by atoms with Crippen LogP contribution in [0.15, 0.2) is 60.7 Å². The first kappa shape index (κ1) is 33.3. The number of hydrogen-bond acceptors (Lipinski definition) is 7. The van der Waals surface area contributed by atoms with Crippen LogP contribution in [0.1, 0.15) is 51.7 Å². The Hall–Kier alpha value is -4.25. The first-order chi connectivity index (χ1) is 20.4. The topological polar surface area (TPSA) is 152 Å². The van der Waals surface area contributed by atoms with E-state index in [1.807, 2.05) is 69.3 Å². The quantitative estimate of drug-likeness (QED) is 0.245. The van der Waals surface area contributed by atoms with Crippen LogP contribution in [0.5, 0.6) is 0 Å². The number of rotatable bonds is 14. The Morgan fingerprint density at radius 3 is 2.14 bits per heavy atom. The Labute approximate surface area is 252 Å². The maximum absolute atomic E-state index is 13.7. The maximum Gasteiger partial charge on any atom is 0.408 e. The third-order valence-electron chi connectivity index (χ3n) is 6.89. The summed E-state index contributed by atoms with van der Waals surface area (Å²) in [5.74, 6) is -1.80. The van der Waals surface area contributed by atoms with Crippen molar-refractivity contribution in [1.29, 1.82) is 0 Å². The highest BCUT2D eigenvalue weighted by molar-refractivity contribution is 5.92. The number of benzene rings is 2. The molecule has 43 heavy (non-hydrogen) atoms. The lowest BCUT2D eigenvalue weighted by molar-refractivity contribution is -0.135. The summed E-state index contributed by atoms with van der Waals surface area (Å²) in [7, 11) is 0. The third kappa shape index (κ3) is 11.2. The second kappa shape index (κ2) is 15.8. The van der Waals surface area contributed by atoms with Crippen molar-refractivity contribution in [3.8, 4) is 0 Å². The van der Waals surface area contributed by atoms with Gasteiger partial charge in [-0.1, -0.05) is 60.7 Å². The summed E-state index contributed by atoms with van der Waals surface area (Å²) in [6.45, 7) is 7.63. The van der Waals surface area contributed by atoms with Gasteiger partial charge in [0.15, 0.2) is 0 Å². The molecule has 0 aromatic heterocycles. The molecule has 0 aliphatic carbocycles. The van der Waals surface area contributed by atoms with Crippen molar-refractivity contribution >= 4 is 30.1 Å². The van der Waals surface area contributed by atoms with Crippen LogP contribution in [0.25, 0.3) is 0 Å². The summed E-state index contributed by atoms with van der Waals surface area (Å²) in [5.41, 5.74) is 0.904. The monoisotopic (exact) mass is 594 g/mol. The second-order valence-corrected chi connectivity index (χ2v) is 11.6. The highest BCUT2D eigenvalue weighted by atomic mass is 16.6. The molecule has 1 fully saturated rings. The average molecular weight is 595 g/mol. The van der Waals surface area contributed by atoms with Gasteiger partial charge in [-0.15, -0.1) is 0 Å². The van der Waals surface area contributed by atoms with Gasteiger partial charge < -0.3 is 35.5 Å². The van der Waals surface area contributed by atoms with Crippen molar-refractivity contribution in [3.05, 3.63) is 71.8 Å². The molecular weight excluding hydrogens is 552 g/mol. The zero-order valence-electron chi connectivity index (χ0n) is 25.1. The molecule has 3 rings (SSSR count). The van der Waals surface area contributed by atoms with Crippen LogP contribution in [-0.2, 0) is 41.7 Å². The SMILES string of the molecule is CC(OC(C)(C)C)[C@H](NC(=O)OCc1ccccc1)C(=O)N[C@@H](Cc1ccccc1)C(=O)N[C@H](C=O)C[C@@H]1CCNC1=O. The molecule has 2 aromatic rings. The number of carbonyl (C=O) groups excluding carboxylic acids is 5. The molecule has 1 unspecified atom stereocenters. The van der Waals surface area contributed by atoms with E-state index in [1.165, 1.54) is 0 Å². The Balaban J connectivity index is 1.76. The molecule has 0 saturated carbocycles. The standard InChI is InChI=1S/C32H42N4O7/c1-21(43-32(2,3)4)27(36-31(41)42-20-23-13-9-6-10-14-23)30(40)35-26(17-22-11-7-5-8-12-22)29(39)34-25(19-37)18-24-15-16-33-28(24)38/h5-14,19,21,24-27H,15-18,20H2,1-4H3,(H,33,38)(H,34,39)(H,35,40)(H,36,41)/t21?,24-,25-,26-,27-/m0/s1. The smallest absolute Gasteiger partial charge is 0.408 e. The summed E-state index contributed by atoms with van der Waals surface area (Å²) in [6.07, 6.45) is -0.185. The lowest BCUT2D eigenvalue weighted by atomic mass is 9.98. The molecule has 11 heteroatoms. The molecule has 0 radical (unpaired) electrons. The Kier molecular flexibility index (Phi) is 12.2. The highest BCUT2D eigenvalue weighted by Gasteiger charge is 2.35. The lowest BCUT2D eigenvalue weighted by Crippen LogP contribution is -2.59. The van der Waals surface area contributed by atoms with E-state index >= 15 is 0 Å². The fourth-order valence-electron chi connectivity index (χ4n) is 4.84. The summed E-state index contributed by atoms with van der Waals surface area (Å²) in [4.78, 5) is 63.8. The normalized spacial score (nSPS) is 17.5. The molecule has 1 aliphatic heterocycles. The predicted octanol–water partition coefficient (Wildman–Crippen LogP) is 2.42. The molecule has 5 atom stereocenters. The van der Waals surface area contributed by atoms with Gasteiger partial charge in [0.2, 0.25) is 17.7 Å². The highest BCUT2D eigenvalue weighted by Crippen LogP contribution is 2.17. The van der Waals surface area contributed by atoms with Crippen LogP contribution in [-0.4, -0.2) is 66.5 Å². The number of nitrogens with one attached hydrogen (secondary N) is 4. The molecule has 0 spiro atoms. The Morgan fingerprint density at radius 1 is 0.953 bits per heavy atom. The van der Waals surface area contributed by atoms with Crippen LogP contribution >= 0.6 is 0 Å². The number of amides is 4. The minimum atomic E-state index is -1.21. The van der Waals surface area contributed by atoms with Crippen LogP contribution in [0, 0.1) is 5.92 Å². The zero-order valence-corrected chi connectivity index (χ0v) is 25.1. The van der Waals surface area contributed by atoms with Gasteiger partial charge in [-0.3, -0.25) is 14.4 Å². The van der Waals surface area contributed by atoms with Gasteiger partial charge in [-0.2, -0.15) is 0 Å². The Bertz CT molecular complexity index is 1230. The van der Waals surface area contributed by atoms with E-state index in [0.717, 1.165) is 11.1 Å². The number of alkyl carbamates (subject to hydrolysis) is 1. The summed E-state index contributed by atoms with van der Waals surface area (Å²) in [6, 6.07) is 15.0. The van der Waals surface area contributed by atoms with Crippen molar-refractivity contribution in [1.82, 2.24) is 21.3 Å². The second-order valence-electron chi connectivity index (χ2n) is 11.6. The van der Waals surface area contributed by atoms with E-state index in [-0.39, 0.29) is 31.3 Å². The van der Waals surface area contributed by atoms with Gasteiger partial charge in [0.1, 0.15) is 25.0 Å². The van der Waals surface area contributed by atoms with Gasteiger partial charge in [0.25, 0.3) is 0 Å². The van der Waals surface area contributed by atoms with E-state index in [9.17, 15) is 24.0 Å². The van der Waals surface area contributed by atoms with Crippen molar-refractivity contribution < 1.29 is 33.4 Å². The fraction of sp³-hybridized carbons (Fsp3) is 0.469. The van der Waals surface area contributed by atoms with Crippen LogP contribution in [0.4, 0.5) is 4.79 Å². The molecule has 0 bridgehead atoms. The van der Waals surface area contributed by atoms with E-state index in [4.69, 9.17) is 9.47 Å². The zero-order chi connectivity index (χ0) is 31.4. The van der Waals surface area contributed by atoms with Gasteiger partial charge in [-0.25, -0.2) is 4.79 Å². The van der Waals surface area contributed by atoms with Crippen molar-refractivity contribution in [2.24, 2.45) is 5.92 Å². The predicted molar refractivity (Wildman–Crippen MR) is 160 cm³/mol. The molecule has 1 saturated heterocycles. The number of ether oxygens (including phenoxy) is 2. The summed E-state index contributed by atoms with van der Waals surface area (Å²) >= 11 is 0. The summed E-state index contributed by atoms with van der Waals surface area (Å²) < 4.78 is 11.3. The molecule has 2 aromatic carbocycles. The van der Waals surface area contributed by atoms with Gasteiger partial charge in [0, 0.05) is 18.9 Å². The third-order valence-corrected chi connectivity index (χ3v) is 6.89. The molecular formula is C32H42N4O7. The summed E-state index contributed by atoms with van der Waals surface area (Å²) in [5, 5.41) is 10.7. The molecule has 4 N–H and O–H groups in total. The number of aldehydes is 1. The van der Waals surface area contributed by atoms with Crippen molar-refractivity contribution in [2.75, 3.05) is 6.54 Å².